The Morgan fingerprint density at radius 2 is 0.912 bits per heavy atom. The molecule has 0 spiro atoms. The molecule has 1 aliphatic rings. The van der Waals surface area contributed by atoms with Crippen molar-refractivity contribution >= 4 is 41.6 Å². The zero-order valence-electron chi connectivity index (χ0n) is 18.5. The molecule has 4 aromatic carbocycles. The van der Waals surface area contributed by atoms with E-state index in [2.05, 4.69) is 9.44 Å². The highest BCUT2D eigenvalue weighted by Gasteiger charge is 2.33. The molecule has 0 saturated heterocycles. The Balaban J connectivity index is 1.44. The van der Waals surface area contributed by atoms with E-state index in [1.54, 1.807) is 36.4 Å². The molecule has 0 aromatic heterocycles. The summed E-state index contributed by atoms with van der Waals surface area (Å²) in [7, 11) is -7.72. The lowest BCUT2D eigenvalue weighted by Gasteiger charge is -2.32. The average molecular weight is 495 g/mol. The number of fused-ring (bicyclic) bond motifs is 2. The maximum Gasteiger partial charge on any atom is 0.241 e. The Morgan fingerprint density at radius 1 is 0.529 bits per heavy atom. The van der Waals surface area contributed by atoms with Crippen LogP contribution in [0.5, 0.6) is 0 Å². The number of sulfonamides is 2. The first-order valence-electron chi connectivity index (χ1n) is 11.4. The van der Waals surface area contributed by atoms with Gasteiger partial charge in [-0.15, -0.1) is 0 Å². The Labute approximate surface area is 200 Å². The van der Waals surface area contributed by atoms with Crippen molar-refractivity contribution in [2.24, 2.45) is 0 Å². The van der Waals surface area contributed by atoms with Crippen molar-refractivity contribution in [3.05, 3.63) is 84.9 Å². The fourth-order valence-corrected chi connectivity index (χ4v) is 7.88. The van der Waals surface area contributed by atoms with Crippen LogP contribution in [0.15, 0.2) is 94.7 Å². The maximum atomic E-state index is 13.4. The number of benzene rings is 4. The molecule has 2 atom stereocenters. The summed E-state index contributed by atoms with van der Waals surface area (Å²) in [6.07, 6.45) is 2.78. The second-order valence-corrected chi connectivity index (χ2v) is 12.1. The SMILES string of the molecule is O=S(=O)(N[C@@H]1CCCC[C@H]1NS(=O)(=O)c1cccc2ccccc12)c1cccc2ccccc12. The molecular weight excluding hydrogens is 468 g/mol. The van der Waals surface area contributed by atoms with Crippen molar-refractivity contribution in [2.45, 2.75) is 47.6 Å². The van der Waals surface area contributed by atoms with Crippen molar-refractivity contribution in [1.82, 2.24) is 9.44 Å². The highest BCUT2D eigenvalue weighted by atomic mass is 32.2. The van der Waals surface area contributed by atoms with Gasteiger partial charge in [0.1, 0.15) is 0 Å². The highest BCUT2D eigenvalue weighted by Crippen LogP contribution is 2.28. The van der Waals surface area contributed by atoms with Gasteiger partial charge in [-0.2, -0.15) is 0 Å². The van der Waals surface area contributed by atoms with E-state index in [0.717, 1.165) is 23.6 Å². The fraction of sp³-hybridized carbons (Fsp3) is 0.231. The Kier molecular flexibility index (Phi) is 6.16. The van der Waals surface area contributed by atoms with E-state index in [-0.39, 0.29) is 9.79 Å². The molecule has 1 aliphatic carbocycles. The van der Waals surface area contributed by atoms with E-state index in [4.69, 9.17) is 0 Å². The van der Waals surface area contributed by atoms with Crippen molar-refractivity contribution in [1.29, 1.82) is 0 Å². The van der Waals surface area contributed by atoms with Gasteiger partial charge in [-0.1, -0.05) is 85.6 Å². The van der Waals surface area contributed by atoms with E-state index in [0.29, 0.717) is 23.6 Å². The molecule has 0 aliphatic heterocycles. The predicted octanol–water partition coefficient (Wildman–Crippen LogP) is 4.56. The van der Waals surface area contributed by atoms with Gasteiger partial charge < -0.3 is 0 Å². The normalized spacial score (nSPS) is 19.4. The van der Waals surface area contributed by atoms with Crippen LogP contribution in [0.3, 0.4) is 0 Å². The van der Waals surface area contributed by atoms with Crippen LogP contribution in [-0.4, -0.2) is 28.9 Å². The minimum Gasteiger partial charge on any atom is -0.207 e. The first-order chi connectivity index (χ1) is 16.4. The zero-order valence-corrected chi connectivity index (χ0v) is 20.1. The third kappa shape index (κ3) is 4.46. The minimum absolute atomic E-state index is 0.201. The van der Waals surface area contributed by atoms with Gasteiger partial charge in [0.15, 0.2) is 0 Å². The second kappa shape index (κ2) is 9.11. The molecule has 0 bridgehead atoms. The van der Waals surface area contributed by atoms with Crippen LogP contribution in [0.2, 0.25) is 0 Å². The smallest absolute Gasteiger partial charge is 0.207 e. The second-order valence-electron chi connectivity index (χ2n) is 8.69. The Morgan fingerprint density at radius 3 is 1.35 bits per heavy atom. The topological polar surface area (TPSA) is 92.3 Å². The molecule has 1 fully saturated rings. The lowest BCUT2D eigenvalue weighted by atomic mass is 9.92. The van der Waals surface area contributed by atoms with Crippen LogP contribution >= 0.6 is 0 Å². The third-order valence-electron chi connectivity index (χ3n) is 6.46. The molecule has 8 heteroatoms. The first kappa shape index (κ1) is 23.0. The van der Waals surface area contributed by atoms with E-state index >= 15 is 0 Å². The summed E-state index contributed by atoms with van der Waals surface area (Å²) in [5, 5.41) is 2.95. The van der Waals surface area contributed by atoms with Crippen molar-refractivity contribution in [3.8, 4) is 0 Å². The van der Waals surface area contributed by atoms with Crippen LogP contribution < -0.4 is 9.44 Å². The summed E-state index contributed by atoms with van der Waals surface area (Å²) in [5.41, 5.74) is 0. The zero-order chi connectivity index (χ0) is 23.8. The summed E-state index contributed by atoms with van der Waals surface area (Å²) < 4.78 is 59.1. The standard InChI is InChI=1S/C26H26N2O4S2/c29-33(30,25-17-7-11-19-9-1-3-13-21(19)25)27-23-15-5-6-16-24(23)28-34(31,32)26-18-8-12-20-10-2-4-14-22(20)26/h1-4,7-14,17-18,23-24,27-28H,5-6,15-16H2/t23-,24-/m1/s1. The average Bonchev–Trinajstić information content (AvgIpc) is 2.84. The Bertz CT molecular complexity index is 1440. The number of hydrogen-bond donors (Lipinski definition) is 2. The summed E-state index contributed by atoms with van der Waals surface area (Å²) >= 11 is 0. The predicted molar refractivity (Wildman–Crippen MR) is 135 cm³/mol. The van der Waals surface area contributed by atoms with Crippen LogP contribution in [-0.2, 0) is 20.0 Å². The molecule has 1 saturated carbocycles. The van der Waals surface area contributed by atoms with Gasteiger partial charge in [0.25, 0.3) is 0 Å². The molecular formula is C26H26N2O4S2. The molecule has 176 valence electrons. The molecule has 4 aromatic rings. The largest absolute Gasteiger partial charge is 0.241 e. The van der Waals surface area contributed by atoms with Crippen molar-refractivity contribution in [3.63, 3.8) is 0 Å². The summed E-state index contributed by atoms with van der Waals surface area (Å²) in [6, 6.07) is 23.9. The first-order valence-corrected chi connectivity index (χ1v) is 14.3. The van der Waals surface area contributed by atoms with E-state index in [9.17, 15) is 16.8 Å². The Hall–Kier alpha value is -2.78. The quantitative estimate of drug-likeness (QED) is 0.411. The van der Waals surface area contributed by atoms with Gasteiger partial charge in [-0.25, -0.2) is 26.3 Å². The molecule has 6 nitrogen and oxygen atoms in total. The monoisotopic (exact) mass is 494 g/mol. The molecule has 0 unspecified atom stereocenters. The van der Waals surface area contributed by atoms with Gasteiger partial charge in [0.2, 0.25) is 20.0 Å². The summed E-state index contributed by atoms with van der Waals surface area (Å²) in [4.78, 5) is 0.402. The number of nitrogens with one attached hydrogen (secondary N) is 2. The molecule has 0 amide bonds. The van der Waals surface area contributed by atoms with E-state index < -0.39 is 32.1 Å². The molecule has 0 radical (unpaired) electrons. The molecule has 2 N–H and O–H groups in total. The summed E-state index contributed by atoms with van der Waals surface area (Å²) in [5.74, 6) is 0. The van der Waals surface area contributed by atoms with Gasteiger partial charge >= 0.3 is 0 Å². The fourth-order valence-electron chi connectivity index (χ4n) is 4.80. The van der Waals surface area contributed by atoms with Crippen LogP contribution in [0.4, 0.5) is 0 Å². The third-order valence-corrected chi connectivity index (χ3v) is 9.55. The highest BCUT2D eigenvalue weighted by molar-refractivity contribution is 7.90. The van der Waals surface area contributed by atoms with E-state index in [1.807, 2.05) is 48.5 Å². The number of hydrogen-bond acceptors (Lipinski definition) is 4. The summed E-state index contributed by atoms with van der Waals surface area (Å²) in [6.45, 7) is 0. The lowest BCUT2D eigenvalue weighted by Crippen LogP contribution is -2.53. The molecule has 0 heterocycles. The molecule has 34 heavy (non-hydrogen) atoms. The lowest BCUT2D eigenvalue weighted by molar-refractivity contribution is 0.340. The van der Waals surface area contributed by atoms with E-state index in [1.165, 1.54) is 0 Å². The van der Waals surface area contributed by atoms with Crippen LogP contribution in [0.25, 0.3) is 21.5 Å². The maximum absolute atomic E-state index is 13.4. The van der Waals surface area contributed by atoms with Crippen molar-refractivity contribution < 1.29 is 16.8 Å². The number of rotatable bonds is 6. The van der Waals surface area contributed by atoms with Crippen molar-refractivity contribution in [2.75, 3.05) is 0 Å². The molecule has 5 rings (SSSR count). The van der Waals surface area contributed by atoms with Crippen LogP contribution in [0, 0.1) is 0 Å². The minimum atomic E-state index is -3.86. The van der Waals surface area contributed by atoms with Gasteiger partial charge in [-0.3, -0.25) is 0 Å². The van der Waals surface area contributed by atoms with Gasteiger partial charge in [-0.05, 0) is 35.7 Å². The van der Waals surface area contributed by atoms with Gasteiger partial charge in [0.05, 0.1) is 9.79 Å². The van der Waals surface area contributed by atoms with Gasteiger partial charge in [0, 0.05) is 22.9 Å². The van der Waals surface area contributed by atoms with Crippen LogP contribution in [0.1, 0.15) is 25.7 Å².